The van der Waals surface area contributed by atoms with Crippen LogP contribution in [0.1, 0.15) is 32.3 Å². The summed E-state index contributed by atoms with van der Waals surface area (Å²) in [6.07, 6.45) is 3.83. The van der Waals surface area contributed by atoms with E-state index in [-0.39, 0.29) is 0 Å². The molecule has 0 bridgehead atoms. The molecule has 3 heteroatoms. The maximum atomic E-state index is 5.75. The van der Waals surface area contributed by atoms with Gasteiger partial charge in [-0.2, -0.15) is 0 Å². The molecule has 2 aromatic rings. The van der Waals surface area contributed by atoms with Gasteiger partial charge in [0.25, 0.3) is 0 Å². The molecule has 1 heterocycles. The Morgan fingerprint density at radius 3 is 2.17 bits per heavy atom. The third-order valence-corrected chi connectivity index (χ3v) is 4.48. The van der Waals surface area contributed by atoms with Crippen LogP contribution in [0, 0.1) is 0 Å². The van der Waals surface area contributed by atoms with Gasteiger partial charge in [0.1, 0.15) is 0 Å². The second kappa shape index (κ2) is 7.69. The van der Waals surface area contributed by atoms with Crippen LogP contribution < -0.4 is 9.47 Å². The summed E-state index contributed by atoms with van der Waals surface area (Å²) in [6, 6.07) is 10.9. The molecule has 1 aliphatic heterocycles. The molecule has 1 aliphatic rings. The maximum absolute atomic E-state index is 5.75. The fraction of sp³-hybridized carbons (Fsp3) is 0.500. The van der Waals surface area contributed by atoms with E-state index in [2.05, 4.69) is 35.2 Å². The summed E-state index contributed by atoms with van der Waals surface area (Å²) in [5, 5.41) is 2.44. The highest BCUT2D eigenvalue weighted by Gasteiger charge is 2.12. The minimum Gasteiger partial charge on any atom is -0.490 e. The average molecular weight is 313 g/mol. The van der Waals surface area contributed by atoms with E-state index < -0.39 is 0 Å². The van der Waals surface area contributed by atoms with Crippen molar-refractivity contribution >= 4 is 10.8 Å². The fourth-order valence-electron chi connectivity index (χ4n) is 3.29. The topological polar surface area (TPSA) is 21.7 Å². The van der Waals surface area contributed by atoms with E-state index in [4.69, 9.17) is 9.47 Å². The van der Waals surface area contributed by atoms with Crippen molar-refractivity contribution < 1.29 is 9.47 Å². The molecule has 0 aliphatic carbocycles. The summed E-state index contributed by atoms with van der Waals surface area (Å²) >= 11 is 0. The van der Waals surface area contributed by atoms with Gasteiger partial charge in [-0.1, -0.05) is 18.2 Å². The van der Waals surface area contributed by atoms with Gasteiger partial charge in [-0.15, -0.1) is 0 Å². The smallest absolute Gasteiger partial charge is 0.161 e. The zero-order valence-electron chi connectivity index (χ0n) is 14.3. The van der Waals surface area contributed by atoms with Gasteiger partial charge < -0.3 is 14.4 Å². The van der Waals surface area contributed by atoms with Crippen molar-refractivity contribution in [2.75, 3.05) is 32.8 Å². The third-order valence-electron chi connectivity index (χ3n) is 4.48. The molecule has 0 spiro atoms. The van der Waals surface area contributed by atoms with Crippen LogP contribution in [0.4, 0.5) is 0 Å². The van der Waals surface area contributed by atoms with E-state index in [9.17, 15) is 0 Å². The lowest BCUT2D eigenvalue weighted by Gasteiger charge is -2.15. The number of ether oxygens (including phenoxy) is 2. The summed E-state index contributed by atoms with van der Waals surface area (Å²) in [5.41, 5.74) is 1.40. The molecule has 1 fully saturated rings. The molecule has 0 radical (unpaired) electrons. The van der Waals surface area contributed by atoms with Crippen molar-refractivity contribution in [3.8, 4) is 11.5 Å². The number of hydrogen-bond donors (Lipinski definition) is 0. The summed E-state index contributed by atoms with van der Waals surface area (Å²) in [4.78, 5) is 2.56. The molecule has 23 heavy (non-hydrogen) atoms. The van der Waals surface area contributed by atoms with E-state index in [1.165, 1.54) is 48.8 Å². The Morgan fingerprint density at radius 1 is 0.870 bits per heavy atom. The quantitative estimate of drug-likeness (QED) is 0.762. The van der Waals surface area contributed by atoms with E-state index in [1.54, 1.807) is 0 Å². The first-order valence-corrected chi connectivity index (χ1v) is 8.84. The van der Waals surface area contributed by atoms with Crippen molar-refractivity contribution in [2.24, 2.45) is 0 Å². The molecule has 0 atom stereocenters. The third kappa shape index (κ3) is 3.97. The van der Waals surface area contributed by atoms with Crippen molar-refractivity contribution in [3.05, 3.63) is 35.9 Å². The van der Waals surface area contributed by atoms with Crippen LogP contribution in [0.3, 0.4) is 0 Å². The maximum Gasteiger partial charge on any atom is 0.161 e. The van der Waals surface area contributed by atoms with E-state index in [1.807, 2.05) is 13.8 Å². The predicted octanol–water partition coefficient (Wildman–Crippen LogP) is 4.28. The largest absolute Gasteiger partial charge is 0.490 e. The van der Waals surface area contributed by atoms with Gasteiger partial charge in [-0.05, 0) is 74.7 Å². The Morgan fingerprint density at radius 2 is 1.52 bits per heavy atom. The van der Waals surface area contributed by atoms with Crippen LogP contribution in [0.25, 0.3) is 10.8 Å². The van der Waals surface area contributed by atoms with Gasteiger partial charge in [0.15, 0.2) is 11.5 Å². The van der Waals surface area contributed by atoms with Crippen LogP contribution in [-0.2, 0) is 6.42 Å². The monoisotopic (exact) mass is 313 g/mol. The lowest BCUT2D eigenvalue weighted by Crippen LogP contribution is -2.21. The Hall–Kier alpha value is -1.74. The fourth-order valence-corrected chi connectivity index (χ4v) is 3.29. The van der Waals surface area contributed by atoms with Crippen LogP contribution in [-0.4, -0.2) is 37.7 Å². The summed E-state index contributed by atoms with van der Waals surface area (Å²) < 4.78 is 11.5. The van der Waals surface area contributed by atoms with Gasteiger partial charge in [0.2, 0.25) is 0 Å². The van der Waals surface area contributed by atoms with Crippen molar-refractivity contribution in [2.45, 2.75) is 33.1 Å². The highest BCUT2D eigenvalue weighted by atomic mass is 16.5. The highest BCUT2D eigenvalue weighted by molar-refractivity contribution is 5.86. The van der Waals surface area contributed by atoms with Gasteiger partial charge >= 0.3 is 0 Å². The van der Waals surface area contributed by atoms with Crippen LogP contribution in [0.15, 0.2) is 30.3 Å². The van der Waals surface area contributed by atoms with Crippen LogP contribution in [0.2, 0.25) is 0 Å². The SMILES string of the molecule is CCOc1cc2ccc(CCN3CCCC3)cc2cc1OCC. The number of likely N-dealkylation sites (tertiary alicyclic amines) is 1. The summed E-state index contributed by atoms with van der Waals surface area (Å²) in [5.74, 6) is 1.69. The minimum absolute atomic E-state index is 0.652. The molecule has 0 unspecified atom stereocenters. The molecule has 3 rings (SSSR count). The molecule has 0 amide bonds. The molecule has 124 valence electrons. The van der Waals surface area contributed by atoms with Gasteiger partial charge in [-0.25, -0.2) is 0 Å². The van der Waals surface area contributed by atoms with Crippen LogP contribution in [0.5, 0.6) is 11.5 Å². The van der Waals surface area contributed by atoms with Gasteiger partial charge in [0.05, 0.1) is 13.2 Å². The second-order valence-corrected chi connectivity index (χ2v) is 6.15. The average Bonchev–Trinajstić information content (AvgIpc) is 3.07. The molecule has 1 saturated heterocycles. The van der Waals surface area contributed by atoms with E-state index in [0.717, 1.165) is 17.9 Å². The Labute approximate surface area is 139 Å². The minimum atomic E-state index is 0.652. The number of benzene rings is 2. The van der Waals surface area contributed by atoms with Gasteiger partial charge in [-0.3, -0.25) is 0 Å². The lowest BCUT2D eigenvalue weighted by atomic mass is 10.0. The predicted molar refractivity (Wildman–Crippen MR) is 95.7 cm³/mol. The molecular weight excluding hydrogens is 286 g/mol. The Balaban J connectivity index is 1.81. The summed E-state index contributed by atoms with van der Waals surface area (Å²) in [7, 11) is 0. The lowest BCUT2D eigenvalue weighted by molar-refractivity contribution is 0.288. The zero-order chi connectivity index (χ0) is 16.1. The Bertz CT molecular complexity index is 647. The number of rotatable bonds is 7. The standard InChI is InChI=1S/C20H27NO2/c1-3-22-19-14-17-8-7-16(9-12-21-10-5-6-11-21)13-18(17)15-20(19)23-4-2/h7-8,13-15H,3-6,9-12H2,1-2H3. The molecular formula is C20H27NO2. The molecule has 0 aromatic heterocycles. The van der Waals surface area contributed by atoms with E-state index >= 15 is 0 Å². The van der Waals surface area contributed by atoms with Crippen molar-refractivity contribution in [1.82, 2.24) is 4.90 Å². The first-order valence-electron chi connectivity index (χ1n) is 8.84. The highest BCUT2D eigenvalue weighted by Crippen LogP contribution is 2.33. The molecule has 0 saturated carbocycles. The Kier molecular flexibility index (Phi) is 5.39. The second-order valence-electron chi connectivity index (χ2n) is 6.15. The van der Waals surface area contributed by atoms with Crippen molar-refractivity contribution in [3.63, 3.8) is 0 Å². The first-order chi connectivity index (χ1) is 11.3. The molecule has 3 nitrogen and oxygen atoms in total. The van der Waals surface area contributed by atoms with Gasteiger partial charge in [0, 0.05) is 6.54 Å². The first kappa shape index (κ1) is 16.1. The zero-order valence-corrected chi connectivity index (χ0v) is 14.3. The van der Waals surface area contributed by atoms with E-state index in [0.29, 0.717) is 13.2 Å². The normalized spacial score (nSPS) is 15.2. The number of nitrogens with zero attached hydrogens (tertiary/aromatic N) is 1. The van der Waals surface area contributed by atoms with Crippen molar-refractivity contribution in [1.29, 1.82) is 0 Å². The summed E-state index contributed by atoms with van der Waals surface area (Å²) in [6.45, 7) is 9.01. The molecule has 0 N–H and O–H groups in total. The number of hydrogen-bond acceptors (Lipinski definition) is 3. The molecule has 2 aromatic carbocycles. The van der Waals surface area contributed by atoms with Crippen LogP contribution >= 0.6 is 0 Å². The number of fused-ring (bicyclic) bond motifs is 1.